The summed E-state index contributed by atoms with van der Waals surface area (Å²) in [4.78, 5) is 25.6. The highest BCUT2D eigenvalue weighted by Gasteiger charge is 2.16. The van der Waals surface area contributed by atoms with E-state index in [-0.39, 0.29) is 0 Å². The number of benzene rings is 2. The normalized spacial score (nSPS) is 13.1. The minimum atomic E-state index is -0.833. The van der Waals surface area contributed by atoms with Crippen LogP contribution in [0.4, 0.5) is 17.2 Å². The van der Waals surface area contributed by atoms with Crippen molar-refractivity contribution in [3.63, 3.8) is 0 Å². The van der Waals surface area contributed by atoms with E-state index in [1.165, 1.54) is 10.4 Å². The lowest BCUT2D eigenvalue weighted by Crippen LogP contribution is -2.36. The van der Waals surface area contributed by atoms with Gasteiger partial charge in [0.2, 0.25) is 0 Å². The Morgan fingerprint density at radius 2 is 1.95 bits per heavy atom. The van der Waals surface area contributed by atoms with Crippen LogP contribution in [0.5, 0.6) is 5.75 Å². The second-order valence-corrected chi connectivity index (χ2v) is 10.1. The molecule has 1 saturated heterocycles. The third-order valence-corrected chi connectivity index (χ3v) is 7.28. The fraction of sp³-hybridized carbons (Fsp3) is 0.214. The van der Waals surface area contributed by atoms with Gasteiger partial charge in [0.15, 0.2) is 0 Å². The fourth-order valence-corrected chi connectivity index (χ4v) is 5.49. The standard InChI is InChI=1S/C26H22ClN5O2S.C2H4O2/c27-21-13-17(4-7-22(21)34-15-18-3-1-2-8-28-18)31-25-24-20-6-5-19(32-9-11-33-12-10-32)14-23(20)35-26(24)30-16-29-25;1-2(3)4/h1-8,13-14,16H,9-12,15H2,(H,29,30,31);1H3,(H,3,4). The molecule has 0 amide bonds. The number of hydrogen-bond acceptors (Lipinski definition) is 9. The minimum Gasteiger partial charge on any atom is -0.486 e. The van der Waals surface area contributed by atoms with Crippen LogP contribution < -0.4 is 15.0 Å². The van der Waals surface area contributed by atoms with Crippen LogP contribution in [0.3, 0.4) is 0 Å². The number of carboxylic acids is 1. The second kappa shape index (κ2) is 12.2. The summed E-state index contributed by atoms with van der Waals surface area (Å²) in [5.74, 6) is 0.519. The fourth-order valence-electron chi connectivity index (χ4n) is 4.18. The zero-order chi connectivity index (χ0) is 27.2. The van der Waals surface area contributed by atoms with Crippen molar-refractivity contribution in [1.29, 1.82) is 0 Å². The van der Waals surface area contributed by atoms with Crippen molar-refractivity contribution in [2.45, 2.75) is 13.5 Å². The largest absolute Gasteiger partial charge is 0.486 e. The number of rotatable bonds is 6. The number of carboxylic acid groups (broad SMARTS) is 1. The molecular weight excluding hydrogens is 538 g/mol. The van der Waals surface area contributed by atoms with Gasteiger partial charge in [-0.15, -0.1) is 11.3 Å². The van der Waals surface area contributed by atoms with Crippen LogP contribution in [0.25, 0.3) is 20.3 Å². The summed E-state index contributed by atoms with van der Waals surface area (Å²) in [6.07, 6.45) is 3.34. The van der Waals surface area contributed by atoms with Gasteiger partial charge in [0, 0.05) is 47.7 Å². The number of anilines is 3. The predicted molar refractivity (Wildman–Crippen MR) is 155 cm³/mol. The molecule has 0 saturated carbocycles. The van der Waals surface area contributed by atoms with Crippen LogP contribution in [-0.2, 0) is 16.1 Å². The van der Waals surface area contributed by atoms with Gasteiger partial charge in [-0.2, -0.15) is 0 Å². The molecular formula is C28H26ClN5O4S. The Labute approximate surface area is 234 Å². The second-order valence-electron chi connectivity index (χ2n) is 8.68. The highest BCUT2D eigenvalue weighted by Crippen LogP contribution is 2.39. The van der Waals surface area contributed by atoms with Crippen molar-refractivity contribution >= 4 is 66.4 Å². The summed E-state index contributed by atoms with van der Waals surface area (Å²) < 4.78 is 12.5. The molecule has 0 unspecified atom stereocenters. The first kappa shape index (κ1) is 26.6. The van der Waals surface area contributed by atoms with E-state index in [1.807, 2.05) is 36.4 Å². The Balaban J connectivity index is 0.000000723. The lowest BCUT2D eigenvalue weighted by atomic mass is 10.1. The quantitative estimate of drug-likeness (QED) is 0.251. The number of aliphatic carboxylic acids is 1. The molecule has 0 bridgehead atoms. The summed E-state index contributed by atoms with van der Waals surface area (Å²) in [6, 6.07) is 17.9. The van der Waals surface area contributed by atoms with E-state index < -0.39 is 5.97 Å². The number of aromatic nitrogens is 3. The first-order valence-corrected chi connectivity index (χ1v) is 13.5. The topological polar surface area (TPSA) is 110 Å². The Kier molecular flexibility index (Phi) is 8.36. The molecule has 0 atom stereocenters. The average Bonchev–Trinajstić information content (AvgIpc) is 3.32. The summed E-state index contributed by atoms with van der Waals surface area (Å²) in [5.41, 5.74) is 2.88. The Hall–Kier alpha value is -3.99. The van der Waals surface area contributed by atoms with Crippen molar-refractivity contribution in [2.75, 3.05) is 36.5 Å². The number of carbonyl (C=O) groups is 1. The Morgan fingerprint density at radius 3 is 2.69 bits per heavy atom. The third kappa shape index (κ3) is 6.54. The number of nitrogens with one attached hydrogen (secondary N) is 1. The number of fused-ring (bicyclic) bond motifs is 3. The van der Waals surface area contributed by atoms with Crippen molar-refractivity contribution in [3.05, 3.63) is 77.8 Å². The van der Waals surface area contributed by atoms with Gasteiger partial charge in [0.05, 0.1) is 29.3 Å². The monoisotopic (exact) mass is 563 g/mol. The van der Waals surface area contributed by atoms with E-state index >= 15 is 0 Å². The molecule has 2 aromatic carbocycles. The molecule has 200 valence electrons. The summed E-state index contributed by atoms with van der Waals surface area (Å²) >= 11 is 8.19. The van der Waals surface area contributed by atoms with Gasteiger partial charge in [-0.3, -0.25) is 9.78 Å². The smallest absolute Gasteiger partial charge is 0.300 e. The van der Waals surface area contributed by atoms with Gasteiger partial charge in [0.1, 0.15) is 29.3 Å². The summed E-state index contributed by atoms with van der Waals surface area (Å²) in [5, 5.41) is 13.5. The number of ether oxygens (including phenoxy) is 2. The number of nitrogens with zero attached hydrogens (tertiary/aromatic N) is 4. The molecule has 1 aliphatic rings. The van der Waals surface area contributed by atoms with Crippen LogP contribution in [-0.4, -0.2) is 52.3 Å². The van der Waals surface area contributed by atoms with Gasteiger partial charge in [-0.05, 0) is 42.5 Å². The molecule has 11 heteroatoms. The number of thiophene rings is 1. The molecule has 5 aromatic rings. The molecule has 9 nitrogen and oxygen atoms in total. The maximum Gasteiger partial charge on any atom is 0.300 e. The molecule has 1 aliphatic heterocycles. The van der Waals surface area contributed by atoms with Crippen LogP contribution in [0.15, 0.2) is 67.1 Å². The summed E-state index contributed by atoms with van der Waals surface area (Å²) in [7, 11) is 0. The van der Waals surface area contributed by atoms with Crippen molar-refractivity contribution < 1.29 is 19.4 Å². The van der Waals surface area contributed by atoms with E-state index in [1.54, 1.807) is 23.9 Å². The first-order valence-electron chi connectivity index (χ1n) is 12.3. The van der Waals surface area contributed by atoms with E-state index in [9.17, 15) is 0 Å². The van der Waals surface area contributed by atoms with Crippen molar-refractivity contribution in [1.82, 2.24) is 15.0 Å². The van der Waals surface area contributed by atoms with E-state index in [4.69, 9.17) is 31.0 Å². The number of hydrogen-bond donors (Lipinski definition) is 2. The van der Waals surface area contributed by atoms with Gasteiger partial charge < -0.3 is 24.8 Å². The van der Waals surface area contributed by atoms with Crippen molar-refractivity contribution in [3.8, 4) is 5.75 Å². The lowest BCUT2D eigenvalue weighted by Gasteiger charge is -2.28. The zero-order valence-corrected chi connectivity index (χ0v) is 22.7. The van der Waals surface area contributed by atoms with E-state index in [0.717, 1.165) is 66.0 Å². The number of pyridine rings is 1. The summed E-state index contributed by atoms with van der Waals surface area (Å²) in [6.45, 7) is 4.78. The van der Waals surface area contributed by atoms with E-state index in [0.29, 0.717) is 17.4 Å². The van der Waals surface area contributed by atoms with Gasteiger partial charge in [0.25, 0.3) is 5.97 Å². The van der Waals surface area contributed by atoms with Gasteiger partial charge in [-0.25, -0.2) is 9.97 Å². The maximum absolute atomic E-state index is 9.00. The van der Waals surface area contributed by atoms with Crippen LogP contribution in [0.2, 0.25) is 5.02 Å². The molecule has 1 fully saturated rings. The average molecular weight is 564 g/mol. The highest BCUT2D eigenvalue weighted by atomic mass is 35.5. The molecule has 2 N–H and O–H groups in total. The molecule has 6 rings (SSSR count). The molecule has 39 heavy (non-hydrogen) atoms. The predicted octanol–water partition coefficient (Wildman–Crippen LogP) is 6.14. The SMILES string of the molecule is CC(=O)O.Clc1cc(Nc2ncnc3sc4cc(N5CCOCC5)ccc4c23)ccc1OCc1ccccn1. The molecule has 0 aliphatic carbocycles. The maximum atomic E-state index is 9.00. The molecule has 4 heterocycles. The molecule has 3 aromatic heterocycles. The first-order chi connectivity index (χ1) is 19.0. The van der Waals surface area contributed by atoms with Gasteiger partial charge in [-0.1, -0.05) is 23.7 Å². The molecule has 0 spiro atoms. The van der Waals surface area contributed by atoms with E-state index in [2.05, 4.69) is 43.4 Å². The Morgan fingerprint density at radius 1 is 1.13 bits per heavy atom. The zero-order valence-electron chi connectivity index (χ0n) is 21.1. The third-order valence-electron chi connectivity index (χ3n) is 5.93. The number of halogens is 1. The van der Waals surface area contributed by atoms with Crippen LogP contribution in [0, 0.1) is 0 Å². The van der Waals surface area contributed by atoms with Crippen LogP contribution >= 0.6 is 22.9 Å². The number of morpholine rings is 1. The molecule has 0 radical (unpaired) electrons. The Bertz CT molecular complexity index is 1590. The lowest BCUT2D eigenvalue weighted by molar-refractivity contribution is -0.134. The van der Waals surface area contributed by atoms with Gasteiger partial charge >= 0.3 is 0 Å². The minimum absolute atomic E-state index is 0.354. The highest BCUT2D eigenvalue weighted by molar-refractivity contribution is 7.25. The van der Waals surface area contributed by atoms with Crippen LogP contribution in [0.1, 0.15) is 12.6 Å². The van der Waals surface area contributed by atoms with Crippen molar-refractivity contribution in [2.24, 2.45) is 0 Å².